The Kier molecular flexibility index (Phi) is 6.02. The van der Waals surface area contributed by atoms with Crippen molar-refractivity contribution in [2.75, 3.05) is 26.3 Å². The fourth-order valence-electron chi connectivity index (χ4n) is 3.36. The monoisotopic (exact) mass is 349 g/mol. The molecule has 1 amide bonds. The molecule has 2 heterocycles. The predicted octanol–water partition coefficient (Wildman–Crippen LogP) is 2.79. The summed E-state index contributed by atoms with van der Waals surface area (Å²) in [6, 6.07) is 5.49. The summed E-state index contributed by atoms with van der Waals surface area (Å²) in [5.74, 6) is -1.11. The normalized spacial score (nSPS) is 24.0. The van der Waals surface area contributed by atoms with Crippen molar-refractivity contribution in [1.82, 2.24) is 4.90 Å². The van der Waals surface area contributed by atoms with Crippen LogP contribution in [0.15, 0.2) is 24.3 Å². The van der Waals surface area contributed by atoms with Crippen LogP contribution in [0.5, 0.6) is 0 Å². The lowest BCUT2D eigenvalue weighted by molar-refractivity contribution is -0.155. The number of esters is 1. The lowest BCUT2D eigenvalue weighted by atomic mass is 9.97. The molecule has 3 rings (SSSR count). The molecule has 1 aromatic carbocycles. The molecule has 6 heteroatoms. The Morgan fingerprint density at radius 3 is 2.68 bits per heavy atom. The molecule has 0 aromatic heterocycles. The number of amides is 1. The fourth-order valence-corrected chi connectivity index (χ4v) is 3.36. The van der Waals surface area contributed by atoms with E-state index in [-0.39, 0.29) is 29.7 Å². The number of rotatable bonds is 4. The van der Waals surface area contributed by atoms with Crippen LogP contribution < -0.4 is 0 Å². The number of nitrogens with zero attached hydrogens (tertiary/aromatic N) is 1. The van der Waals surface area contributed by atoms with Crippen LogP contribution >= 0.6 is 0 Å². The van der Waals surface area contributed by atoms with E-state index in [2.05, 4.69) is 0 Å². The molecule has 2 aliphatic heterocycles. The van der Waals surface area contributed by atoms with Crippen LogP contribution in [0.3, 0.4) is 0 Å². The van der Waals surface area contributed by atoms with E-state index in [1.807, 2.05) is 0 Å². The van der Waals surface area contributed by atoms with Gasteiger partial charge < -0.3 is 14.4 Å². The second-order valence-corrected chi connectivity index (χ2v) is 6.72. The van der Waals surface area contributed by atoms with E-state index < -0.39 is 0 Å². The first kappa shape index (κ1) is 17.9. The molecule has 5 nitrogen and oxygen atoms in total. The van der Waals surface area contributed by atoms with Gasteiger partial charge >= 0.3 is 5.97 Å². The summed E-state index contributed by atoms with van der Waals surface area (Å²) < 4.78 is 24.0. The molecule has 0 spiro atoms. The molecule has 2 atom stereocenters. The van der Waals surface area contributed by atoms with Crippen molar-refractivity contribution in [3.8, 4) is 0 Å². The Morgan fingerprint density at radius 1 is 1.16 bits per heavy atom. The Balaban J connectivity index is 1.52. The van der Waals surface area contributed by atoms with Gasteiger partial charge in [-0.3, -0.25) is 9.59 Å². The topological polar surface area (TPSA) is 55.8 Å². The number of hydrogen-bond donors (Lipinski definition) is 0. The van der Waals surface area contributed by atoms with E-state index in [1.54, 1.807) is 4.90 Å². The molecule has 0 radical (unpaired) electrons. The summed E-state index contributed by atoms with van der Waals surface area (Å²) >= 11 is 0. The summed E-state index contributed by atoms with van der Waals surface area (Å²) in [6.07, 6.45) is 4.56. The van der Waals surface area contributed by atoms with Crippen molar-refractivity contribution in [1.29, 1.82) is 0 Å². The van der Waals surface area contributed by atoms with E-state index >= 15 is 0 Å². The average Bonchev–Trinajstić information content (AvgIpc) is 2.67. The minimum Gasteiger partial charge on any atom is -0.463 e. The van der Waals surface area contributed by atoms with Crippen LogP contribution in [0.4, 0.5) is 4.39 Å². The van der Waals surface area contributed by atoms with Gasteiger partial charge in [-0.2, -0.15) is 0 Å². The number of hydrogen-bond acceptors (Lipinski definition) is 4. The van der Waals surface area contributed by atoms with Crippen LogP contribution in [-0.2, 0) is 14.3 Å². The highest BCUT2D eigenvalue weighted by Gasteiger charge is 2.30. The average molecular weight is 349 g/mol. The molecule has 2 unspecified atom stereocenters. The highest BCUT2D eigenvalue weighted by Crippen LogP contribution is 2.21. The van der Waals surface area contributed by atoms with Gasteiger partial charge in [0.2, 0.25) is 0 Å². The van der Waals surface area contributed by atoms with Crippen LogP contribution in [0, 0.1) is 11.7 Å². The van der Waals surface area contributed by atoms with E-state index in [0.717, 1.165) is 38.7 Å². The smallest absolute Gasteiger partial charge is 0.310 e. The summed E-state index contributed by atoms with van der Waals surface area (Å²) in [5, 5.41) is 0. The molecule has 2 fully saturated rings. The first-order valence-corrected chi connectivity index (χ1v) is 8.96. The van der Waals surface area contributed by atoms with Crippen LogP contribution in [0.2, 0.25) is 0 Å². The molecule has 0 aliphatic carbocycles. The van der Waals surface area contributed by atoms with Gasteiger partial charge in [-0.15, -0.1) is 0 Å². The second-order valence-electron chi connectivity index (χ2n) is 6.72. The van der Waals surface area contributed by atoms with E-state index in [1.165, 1.54) is 24.3 Å². The van der Waals surface area contributed by atoms with E-state index in [4.69, 9.17) is 9.47 Å². The molecule has 0 saturated carbocycles. The third-order valence-electron chi connectivity index (χ3n) is 4.82. The van der Waals surface area contributed by atoms with Crippen LogP contribution in [0.1, 0.15) is 42.5 Å². The summed E-state index contributed by atoms with van der Waals surface area (Å²) in [6.45, 7) is 1.97. The molecular weight excluding hydrogens is 325 g/mol. The Morgan fingerprint density at radius 2 is 1.96 bits per heavy atom. The first-order valence-electron chi connectivity index (χ1n) is 8.96. The van der Waals surface area contributed by atoms with Gasteiger partial charge in [0.1, 0.15) is 12.4 Å². The summed E-state index contributed by atoms with van der Waals surface area (Å²) in [4.78, 5) is 26.5. The van der Waals surface area contributed by atoms with Gasteiger partial charge in [0.15, 0.2) is 0 Å². The van der Waals surface area contributed by atoms with Crippen molar-refractivity contribution in [3.05, 3.63) is 35.6 Å². The Bertz CT molecular complexity index is 598. The Labute approximate surface area is 147 Å². The van der Waals surface area contributed by atoms with E-state index in [0.29, 0.717) is 25.3 Å². The minimum absolute atomic E-state index is 0.00163. The SMILES string of the molecule is O=C(OCC1CCCCO1)C1CCCN(C(=O)c2ccc(F)cc2)C1. The van der Waals surface area contributed by atoms with Crippen molar-refractivity contribution in [2.45, 2.75) is 38.2 Å². The first-order chi connectivity index (χ1) is 12.1. The molecule has 2 saturated heterocycles. The number of likely N-dealkylation sites (tertiary alicyclic amines) is 1. The zero-order valence-electron chi connectivity index (χ0n) is 14.3. The van der Waals surface area contributed by atoms with Gasteiger partial charge in [-0.1, -0.05) is 0 Å². The lowest BCUT2D eigenvalue weighted by Gasteiger charge is -2.32. The summed E-state index contributed by atoms with van der Waals surface area (Å²) in [5.41, 5.74) is 0.436. The third kappa shape index (κ3) is 4.78. The molecule has 0 N–H and O–H groups in total. The van der Waals surface area contributed by atoms with Crippen LogP contribution in [-0.4, -0.2) is 49.2 Å². The number of carbonyl (C=O) groups is 2. The minimum atomic E-state index is -0.374. The maximum absolute atomic E-state index is 13.0. The van der Waals surface area contributed by atoms with Gasteiger partial charge in [-0.25, -0.2) is 4.39 Å². The molecule has 2 aliphatic rings. The molecule has 1 aromatic rings. The van der Waals surface area contributed by atoms with Gasteiger partial charge in [0.05, 0.1) is 12.0 Å². The number of halogens is 1. The highest BCUT2D eigenvalue weighted by atomic mass is 19.1. The largest absolute Gasteiger partial charge is 0.463 e. The molecule has 0 bridgehead atoms. The zero-order valence-corrected chi connectivity index (χ0v) is 14.3. The highest BCUT2D eigenvalue weighted by molar-refractivity contribution is 5.94. The number of carbonyl (C=O) groups excluding carboxylic acids is 2. The Hall–Kier alpha value is -1.95. The lowest BCUT2D eigenvalue weighted by Crippen LogP contribution is -2.43. The van der Waals surface area contributed by atoms with Crippen molar-refractivity contribution < 1.29 is 23.5 Å². The second kappa shape index (κ2) is 8.43. The van der Waals surface area contributed by atoms with E-state index in [9.17, 15) is 14.0 Å². The van der Waals surface area contributed by atoms with Gasteiger partial charge in [0, 0.05) is 25.3 Å². The number of piperidine rings is 1. The van der Waals surface area contributed by atoms with Gasteiger partial charge in [-0.05, 0) is 56.4 Å². The van der Waals surface area contributed by atoms with Crippen LogP contribution in [0.25, 0.3) is 0 Å². The third-order valence-corrected chi connectivity index (χ3v) is 4.82. The molecule has 25 heavy (non-hydrogen) atoms. The zero-order chi connectivity index (χ0) is 17.6. The number of ether oxygens (including phenoxy) is 2. The predicted molar refractivity (Wildman–Crippen MR) is 89.6 cm³/mol. The van der Waals surface area contributed by atoms with Crippen molar-refractivity contribution in [2.24, 2.45) is 5.92 Å². The van der Waals surface area contributed by atoms with Gasteiger partial charge in [0.25, 0.3) is 5.91 Å². The molecular formula is C19H24FNO4. The standard InChI is InChI=1S/C19H24FNO4/c20-16-8-6-14(7-9-16)18(22)21-10-3-4-15(12-21)19(23)25-13-17-5-1-2-11-24-17/h6-9,15,17H,1-5,10-13H2. The molecule has 136 valence electrons. The van der Waals surface area contributed by atoms with Crippen molar-refractivity contribution in [3.63, 3.8) is 0 Å². The maximum atomic E-state index is 13.0. The number of benzene rings is 1. The quantitative estimate of drug-likeness (QED) is 0.785. The maximum Gasteiger partial charge on any atom is 0.310 e. The van der Waals surface area contributed by atoms with Crippen molar-refractivity contribution >= 4 is 11.9 Å². The summed E-state index contributed by atoms with van der Waals surface area (Å²) in [7, 11) is 0. The fraction of sp³-hybridized carbons (Fsp3) is 0.579.